The monoisotopic (exact) mass is 595 g/mol. The highest BCUT2D eigenvalue weighted by Crippen LogP contribution is 2.12. The molecule has 1 heterocycles. The molecule has 0 aromatic heterocycles. The standard InChI is InChI=1S/C30H41N7O6/c31-22(17-20-11-13-21(38)14-12-20)27(40)36-24-10-6-16-34-30(43)33-15-5-4-9-23(26(32)39)35-29(42)25(37-28(24)41)18-19-7-2-1-3-8-19/h1-3,7-8,11-14,22-25,38H,4-6,9-10,15-18,31H2,(H2,32,39)(H,35,42)(H,36,40)(H,37,41)(H2,33,34,43)/t22-,23-,24-,25-/m0/s1. The van der Waals surface area contributed by atoms with Gasteiger partial charge in [0.1, 0.15) is 23.9 Å². The molecule has 43 heavy (non-hydrogen) atoms. The number of hydrogen-bond acceptors (Lipinski definition) is 7. The predicted octanol–water partition coefficient (Wildman–Crippen LogP) is -0.292. The highest BCUT2D eigenvalue weighted by atomic mass is 16.3. The van der Waals surface area contributed by atoms with Crippen LogP contribution in [0.25, 0.3) is 0 Å². The van der Waals surface area contributed by atoms with Crippen LogP contribution in [0.1, 0.15) is 43.2 Å². The lowest BCUT2D eigenvalue weighted by atomic mass is 10.0. The van der Waals surface area contributed by atoms with Crippen molar-refractivity contribution in [1.29, 1.82) is 0 Å². The Morgan fingerprint density at radius 1 is 0.860 bits per heavy atom. The second-order valence-electron chi connectivity index (χ2n) is 10.6. The molecule has 1 saturated heterocycles. The van der Waals surface area contributed by atoms with Crippen LogP contribution in [-0.4, -0.2) is 72.0 Å². The van der Waals surface area contributed by atoms with Gasteiger partial charge in [0.25, 0.3) is 0 Å². The Morgan fingerprint density at radius 3 is 2.21 bits per heavy atom. The molecule has 1 fully saturated rings. The maximum Gasteiger partial charge on any atom is 0.314 e. The summed E-state index contributed by atoms with van der Waals surface area (Å²) in [5, 5.41) is 23.0. The fourth-order valence-corrected chi connectivity index (χ4v) is 4.66. The average Bonchev–Trinajstić information content (AvgIpc) is 2.98. The van der Waals surface area contributed by atoms with Gasteiger partial charge in [0, 0.05) is 19.5 Å². The minimum absolute atomic E-state index is 0.0821. The zero-order valence-electron chi connectivity index (χ0n) is 24.0. The number of carbonyl (C=O) groups excluding carboxylic acids is 5. The van der Waals surface area contributed by atoms with Crippen LogP contribution in [0.3, 0.4) is 0 Å². The summed E-state index contributed by atoms with van der Waals surface area (Å²) in [4.78, 5) is 64.3. The third kappa shape index (κ3) is 11.3. The number of nitrogens with two attached hydrogens (primary N) is 2. The van der Waals surface area contributed by atoms with Gasteiger partial charge in [-0.05, 0) is 61.8 Å². The second-order valence-corrected chi connectivity index (χ2v) is 10.6. The van der Waals surface area contributed by atoms with Crippen molar-refractivity contribution in [2.24, 2.45) is 11.5 Å². The normalized spacial score (nSPS) is 21.6. The maximum absolute atomic E-state index is 13.6. The third-order valence-corrected chi connectivity index (χ3v) is 7.10. The van der Waals surface area contributed by atoms with Crippen LogP contribution < -0.4 is 38.1 Å². The van der Waals surface area contributed by atoms with E-state index in [1.165, 1.54) is 12.1 Å². The number of aromatic hydroxyl groups is 1. The first-order valence-corrected chi connectivity index (χ1v) is 14.4. The van der Waals surface area contributed by atoms with E-state index in [-0.39, 0.29) is 44.0 Å². The highest BCUT2D eigenvalue weighted by Gasteiger charge is 2.30. The van der Waals surface area contributed by atoms with Crippen molar-refractivity contribution in [2.45, 2.75) is 69.1 Å². The minimum atomic E-state index is -1.07. The van der Waals surface area contributed by atoms with E-state index in [0.717, 1.165) is 11.1 Å². The number of carbonyl (C=O) groups is 5. The zero-order valence-corrected chi connectivity index (χ0v) is 24.0. The summed E-state index contributed by atoms with van der Waals surface area (Å²) in [5.74, 6) is -2.42. The van der Waals surface area contributed by atoms with Crippen molar-refractivity contribution in [1.82, 2.24) is 26.6 Å². The number of nitrogens with one attached hydrogen (secondary N) is 5. The number of rotatable bonds is 7. The number of amides is 6. The lowest BCUT2D eigenvalue weighted by Gasteiger charge is -2.25. The fourth-order valence-electron chi connectivity index (χ4n) is 4.66. The van der Waals surface area contributed by atoms with Gasteiger partial charge >= 0.3 is 6.03 Å². The van der Waals surface area contributed by atoms with Crippen molar-refractivity contribution in [3.05, 3.63) is 65.7 Å². The van der Waals surface area contributed by atoms with Crippen LogP contribution in [0.15, 0.2) is 54.6 Å². The Balaban J connectivity index is 1.81. The van der Waals surface area contributed by atoms with Crippen molar-refractivity contribution in [3.63, 3.8) is 0 Å². The molecule has 0 spiro atoms. The van der Waals surface area contributed by atoms with Gasteiger partial charge in [0.05, 0.1) is 6.04 Å². The van der Waals surface area contributed by atoms with Crippen LogP contribution in [0, 0.1) is 0 Å². The summed E-state index contributed by atoms with van der Waals surface area (Å²) in [5.41, 5.74) is 13.2. The Morgan fingerprint density at radius 2 is 1.53 bits per heavy atom. The number of hydrogen-bond donors (Lipinski definition) is 8. The quantitative estimate of drug-likeness (QED) is 0.214. The third-order valence-electron chi connectivity index (χ3n) is 7.10. The van der Waals surface area contributed by atoms with Crippen LogP contribution >= 0.6 is 0 Å². The summed E-state index contributed by atoms with van der Waals surface area (Å²) >= 11 is 0. The molecule has 10 N–H and O–H groups in total. The highest BCUT2D eigenvalue weighted by molar-refractivity contribution is 5.94. The second kappa shape index (κ2) is 16.7. The summed E-state index contributed by atoms with van der Waals surface area (Å²) in [6, 6.07) is 10.8. The molecule has 2 aromatic rings. The number of primary amides is 1. The van der Waals surface area contributed by atoms with E-state index in [1.807, 2.05) is 18.2 Å². The van der Waals surface area contributed by atoms with E-state index in [4.69, 9.17) is 11.5 Å². The number of phenolic OH excluding ortho intramolecular Hbond substituents is 1. The van der Waals surface area contributed by atoms with Crippen molar-refractivity contribution in [3.8, 4) is 5.75 Å². The number of phenols is 1. The Labute approximate surface area is 250 Å². The zero-order chi connectivity index (χ0) is 31.2. The van der Waals surface area contributed by atoms with Crippen molar-refractivity contribution in [2.75, 3.05) is 13.1 Å². The summed E-state index contributed by atoms with van der Waals surface area (Å²) < 4.78 is 0. The smallest absolute Gasteiger partial charge is 0.314 e. The molecule has 13 nitrogen and oxygen atoms in total. The van der Waals surface area contributed by atoms with Gasteiger partial charge < -0.3 is 43.2 Å². The molecule has 0 saturated carbocycles. The first kappa shape index (κ1) is 32.9. The average molecular weight is 596 g/mol. The fraction of sp³-hybridized carbons (Fsp3) is 0.433. The summed E-state index contributed by atoms with van der Waals surface area (Å²) in [6.45, 7) is 0.599. The molecule has 232 valence electrons. The van der Waals surface area contributed by atoms with Gasteiger partial charge in [-0.3, -0.25) is 19.2 Å². The number of urea groups is 1. The summed E-state index contributed by atoms with van der Waals surface area (Å²) in [6.07, 6.45) is 2.12. The lowest BCUT2D eigenvalue weighted by Crippen LogP contribution is -2.58. The van der Waals surface area contributed by atoms with Crippen LogP contribution in [-0.2, 0) is 32.0 Å². The van der Waals surface area contributed by atoms with Gasteiger partial charge in [-0.2, -0.15) is 0 Å². The first-order chi connectivity index (χ1) is 20.6. The molecule has 13 heteroatoms. The van der Waals surface area contributed by atoms with Gasteiger partial charge in [-0.15, -0.1) is 0 Å². The molecule has 4 atom stereocenters. The minimum Gasteiger partial charge on any atom is -0.508 e. The molecule has 0 aliphatic carbocycles. The Kier molecular flexibility index (Phi) is 12.8. The van der Waals surface area contributed by atoms with E-state index in [1.54, 1.807) is 24.3 Å². The van der Waals surface area contributed by atoms with E-state index >= 15 is 0 Å². The van der Waals surface area contributed by atoms with E-state index in [9.17, 15) is 29.1 Å². The Bertz CT molecular complexity index is 1240. The molecule has 0 bridgehead atoms. The molecule has 3 rings (SSSR count). The van der Waals surface area contributed by atoms with Crippen LogP contribution in [0.2, 0.25) is 0 Å². The predicted molar refractivity (Wildman–Crippen MR) is 159 cm³/mol. The van der Waals surface area contributed by atoms with E-state index in [0.29, 0.717) is 25.8 Å². The van der Waals surface area contributed by atoms with Gasteiger partial charge in [-0.1, -0.05) is 42.5 Å². The molecule has 2 aromatic carbocycles. The number of benzene rings is 2. The van der Waals surface area contributed by atoms with Crippen LogP contribution in [0.5, 0.6) is 5.75 Å². The molecule has 1 aliphatic rings. The summed E-state index contributed by atoms with van der Waals surface area (Å²) in [7, 11) is 0. The lowest BCUT2D eigenvalue weighted by molar-refractivity contribution is -0.133. The van der Waals surface area contributed by atoms with Crippen molar-refractivity contribution < 1.29 is 29.1 Å². The SMILES string of the molecule is NC(=O)[C@@H]1CCCCNC(=O)NCCC[C@H](NC(=O)[C@@H](N)Cc2ccc(O)cc2)C(=O)N[C@@H](Cc2ccccc2)C(=O)N1. The topological polar surface area (TPSA) is 218 Å². The van der Waals surface area contributed by atoms with Gasteiger partial charge in [0.15, 0.2) is 0 Å². The molecule has 6 amide bonds. The van der Waals surface area contributed by atoms with Gasteiger partial charge in [-0.25, -0.2) is 4.79 Å². The van der Waals surface area contributed by atoms with E-state index < -0.39 is 47.8 Å². The first-order valence-electron chi connectivity index (χ1n) is 14.4. The molecular weight excluding hydrogens is 554 g/mol. The largest absolute Gasteiger partial charge is 0.508 e. The molecular formula is C30H41N7O6. The maximum atomic E-state index is 13.6. The molecule has 0 radical (unpaired) electrons. The molecule has 1 aliphatic heterocycles. The molecule has 0 unspecified atom stereocenters. The van der Waals surface area contributed by atoms with E-state index in [2.05, 4.69) is 26.6 Å². The van der Waals surface area contributed by atoms with Crippen molar-refractivity contribution >= 4 is 29.7 Å². The Hall–Kier alpha value is -4.65. The van der Waals surface area contributed by atoms with Gasteiger partial charge in [0.2, 0.25) is 23.6 Å². The van der Waals surface area contributed by atoms with Crippen LogP contribution in [0.4, 0.5) is 4.79 Å².